The molecule has 0 spiro atoms. The highest BCUT2D eigenvalue weighted by molar-refractivity contribution is 7.08. The van der Waals surface area contributed by atoms with E-state index in [1.165, 1.54) is 18.3 Å². The molecule has 1 aromatic carbocycles. The zero-order chi connectivity index (χ0) is 17.7. The van der Waals surface area contributed by atoms with Crippen molar-refractivity contribution in [2.24, 2.45) is 0 Å². The van der Waals surface area contributed by atoms with Gasteiger partial charge in [-0.3, -0.25) is 9.59 Å². The lowest BCUT2D eigenvalue weighted by molar-refractivity contribution is -0.185. The fraction of sp³-hybridized carbons (Fsp3) is 0.250. The summed E-state index contributed by atoms with van der Waals surface area (Å²) >= 11 is 1.39. The Kier molecular flexibility index (Phi) is 5.61. The number of carbonyl (C=O) groups excluding carboxylic acids is 2. The van der Waals surface area contributed by atoms with Gasteiger partial charge < -0.3 is 10.2 Å². The van der Waals surface area contributed by atoms with Crippen LogP contribution in [-0.2, 0) is 11.3 Å². The molecular weight excluding hydrogens is 341 g/mol. The number of hydrogen-bond donors (Lipinski definition) is 1. The minimum Gasteiger partial charge on any atom is -0.331 e. The smallest absolute Gasteiger partial charge is 0.331 e. The molecule has 1 aromatic heterocycles. The molecule has 4 nitrogen and oxygen atoms in total. The van der Waals surface area contributed by atoms with Crippen LogP contribution in [0.2, 0.25) is 0 Å². The van der Waals surface area contributed by atoms with Gasteiger partial charge >= 0.3 is 12.1 Å². The van der Waals surface area contributed by atoms with Gasteiger partial charge in [0.15, 0.2) is 0 Å². The number of benzene rings is 1. The van der Waals surface area contributed by atoms with Gasteiger partial charge in [0.1, 0.15) is 0 Å². The highest BCUT2D eigenvalue weighted by Crippen LogP contribution is 2.21. The van der Waals surface area contributed by atoms with Gasteiger partial charge in [-0.1, -0.05) is 12.1 Å². The number of carbonyl (C=O) groups is 2. The zero-order valence-corrected chi connectivity index (χ0v) is 13.6. The van der Waals surface area contributed by atoms with E-state index >= 15 is 0 Å². The Balaban J connectivity index is 2.09. The van der Waals surface area contributed by atoms with Crippen LogP contribution in [0, 0.1) is 0 Å². The van der Waals surface area contributed by atoms with E-state index in [4.69, 9.17) is 0 Å². The first kappa shape index (κ1) is 18.0. The third-order valence-electron chi connectivity index (χ3n) is 3.25. The van der Waals surface area contributed by atoms with E-state index < -0.39 is 12.1 Å². The molecule has 0 aliphatic carbocycles. The maximum Gasteiger partial charge on any atom is 0.471 e. The maximum absolute atomic E-state index is 12.6. The van der Waals surface area contributed by atoms with Gasteiger partial charge in [-0.15, -0.1) is 0 Å². The van der Waals surface area contributed by atoms with Gasteiger partial charge in [0.2, 0.25) is 0 Å². The van der Waals surface area contributed by atoms with Crippen LogP contribution in [0.3, 0.4) is 0 Å². The molecule has 0 fully saturated rings. The first-order valence-corrected chi connectivity index (χ1v) is 8.04. The summed E-state index contributed by atoms with van der Waals surface area (Å²) in [4.78, 5) is 24.0. The molecule has 2 aromatic rings. The first-order valence-electron chi connectivity index (χ1n) is 7.10. The van der Waals surface area contributed by atoms with Crippen molar-refractivity contribution in [2.45, 2.75) is 19.6 Å². The van der Waals surface area contributed by atoms with Crippen LogP contribution < -0.4 is 5.32 Å². The number of thiophene rings is 1. The Bertz CT molecular complexity index is 714. The van der Waals surface area contributed by atoms with E-state index in [9.17, 15) is 22.8 Å². The highest BCUT2D eigenvalue weighted by atomic mass is 32.1. The molecule has 0 bridgehead atoms. The van der Waals surface area contributed by atoms with Gasteiger partial charge in [-0.05, 0) is 36.1 Å². The first-order chi connectivity index (χ1) is 11.3. The molecule has 2 amide bonds. The van der Waals surface area contributed by atoms with E-state index in [1.54, 1.807) is 41.1 Å². The van der Waals surface area contributed by atoms with Crippen LogP contribution in [0.5, 0.6) is 0 Å². The molecule has 2 rings (SSSR count). The number of halogens is 3. The summed E-state index contributed by atoms with van der Waals surface area (Å²) in [5.41, 5.74) is 1.46. The Morgan fingerprint density at radius 2 is 2.00 bits per heavy atom. The Hall–Kier alpha value is -2.35. The molecule has 0 aliphatic heterocycles. The van der Waals surface area contributed by atoms with Crippen molar-refractivity contribution >= 4 is 28.8 Å². The van der Waals surface area contributed by atoms with Crippen LogP contribution in [0.4, 0.5) is 18.9 Å². The topological polar surface area (TPSA) is 49.4 Å². The number of nitrogens with one attached hydrogen (secondary N) is 1. The summed E-state index contributed by atoms with van der Waals surface area (Å²) in [7, 11) is 0. The number of nitrogens with zero attached hydrogens (tertiary/aromatic N) is 1. The summed E-state index contributed by atoms with van der Waals surface area (Å²) in [5, 5.41) is 6.14. The monoisotopic (exact) mass is 356 g/mol. The molecule has 0 atom stereocenters. The predicted octanol–water partition coefficient (Wildman–Crippen LogP) is 3.91. The van der Waals surface area contributed by atoms with Crippen molar-refractivity contribution in [3.05, 3.63) is 52.2 Å². The second-order valence-electron chi connectivity index (χ2n) is 4.98. The van der Waals surface area contributed by atoms with Crippen LogP contribution in [0.1, 0.15) is 22.8 Å². The van der Waals surface area contributed by atoms with Crippen molar-refractivity contribution in [1.29, 1.82) is 0 Å². The standard InChI is InChI=1S/C16H15F3N2O2S/c1-2-21(15(23)16(17,18)19)9-11-4-3-5-13(8-11)20-14(22)12-6-7-24-10-12/h3-8,10H,2,9H2,1H3,(H,20,22). The van der Waals surface area contributed by atoms with E-state index in [2.05, 4.69) is 5.32 Å². The SMILES string of the molecule is CCN(Cc1cccc(NC(=O)c2ccsc2)c1)C(=O)C(F)(F)F. The minimum atomic E-state index is -4.90. The number of amides is 2. The molecule has 0 saturated carbocycles. The Morgan fingerprint density at radius 3 is 2.58 bits per heavy atom. The number of alkyl halides is 3. The second kappa shape index (κ2) is 7.48. The van der Waals surface area contributed by atoms with Crippen molar-refractivity contribution < 1.29 is 22.8 Å². The third-order valence-corrected chi connectivity index (χ3v) is 3.94. The predicted molar refractivity (Wildman–Crippen MR) is 85.9 cm³/mol. The number of anilines is 1. The average Bonchev–Trinajstić information content (AvgIpc) is 3.06. The lowest BCUT2D eigenvalue weighted by atomic mass is 10.1. The Morgan fingerprint density at radius 1 is 1.25 bits per heavy atom. The van der Waals surface area contributed by atoms with Crippen LogP contribution in [-0.4, -0.2) is 29.4 Å². The molecule has 24 heavy (non-hydrogen) atoms. The molecule has 0 unspecified atom stereocenters. The van der Waals surface area contributed by atoms with Gasteiger partial charge in [0.05, 0.1) is 5.56 Å². The fourth-order valence-electron chi connectivity index (χ4n) is 2.07. The molecule has 8 heteroatoms. The van der Waals surface area contributed by atoms with Gasteiger partial charge in [-0.25, -0.2) is 0 Å². The average molecular weight is 356 g/mol. The summed E-state index contributed by atoms with van der Waals surface area (Å²) in [6.45, 7) is 1.23. The quantitative estimate of drug-likeness (QED) is 0.883. The lowest BCUT2D eigenvalue weighted by Gasteiger charge is -2.22. The largest absolute Gasteiger partial charge is 0.471 e. The number of hydrogen-bond acceptors (Lipinski definition) is 3. The molecule has 128 valence electrons. The molecule has 1 N–H and O–H groups in total. The molecular formula is C16H15F3N2O2S. The van der Waals surface area contributed by atoms with Gasteiger partial charge in [-0.2, -0.15) is 24.5 Å². The van der Waals surface area contributed by atoms with Crippen LogP contribution in [0.15, 0.2) is 41.1 Å². The van der Waals surface area contributed by atoms with Crippen molar-refractivity contribution in [1.82, 2.24) is 4.90 Å². The van der Waals surface area contributed by atoms with E-state index in [-0.39, 0.29) is 19.0 Å². The van der Waals surface area contributed by atoms with E-state index in [0.717, 1.165) is 0 Å². The molecule has 1 heterocycles. The molecule has 0 aliphatic rings. The van der Waals surface area contributed by atoms with Crippen molar-refractivity contribution in [3.8, 4) is 0 Å². The lowest BCUT2D eigenvalue weighted by Crippen LogP contribution is -2.40. The zero-order valence-electron chi connectivity index (χ0n) is 12.8. The van der Waals surface area contributed by atoms with Crippen LogP contribution in [0.25, 0.3) is 0 Å². The molecule has 0 radical (unpaired) electrons. The number of rotatable bonds is 5. The van der Waals surface area contributed by atoms with E-state index in [0.29, 0.717) is 21.7 Å². The summed E-state index contributed by atoms with van der Waals surface area (Å²) in [6, 6.07) is 8.08. The van der Waals surface area contributed by atoms with Gasteiger partial charge in [0, 0.05) is 24.2 Å². The fourth-order valence-corrected chi connectivity index (χ4v) is 2.71. The summed E-state index contributed by atoms with van der Waals surface area (Å²) in [5.74, 6) is -2.18. The second-order valence-corrected chi connectivity index (χ2v) is 5.76. The van der Waals surface area contributed by atoms with Gasteiger partial charge in [0.25, 0.3) is 5.91 Å². The van der Waals surface area contributed by atoms with Crippen molar-refractivity contribution in [2.75, 3.05) is 11.9 Å². The minimum absolute atomic E-state index is 0.0656. The Labute approximate surface area is 140 Å². The molecule has 0 saturated heterocycles. The van der Waals surface area contributed by atoms with Crippen molar-refractivity contribution in [3.63, 3.8) is 0 Å². The van der Waals surface area contributed by atoms with Crippen LogP contribution >= 0.6 is 11.3 Å². The highest BCUT2D eigenvalue weighted by Gasteiger charge is 2.41. The third kappa shape index (κ3) is 4.58. The summed E-state index contributed by atoms with van der Waals surface area (Å²) < 4.78 is 37.7. The van der Waals surface area contributed by atoms with E-state index in [1.807, 2.05) is 0 Å². The maximum atomic E-state index is 12.6. The summed E-state index contributed by atoms with van der Waals surface area (Å²) in [6.07, 6.45) is -4.90. The normalized spacial score (nSPS) is 11.2.